The number of carbonyl (C=O) groups is 1. The SMILES string of the molecule is Cc1cccc(-n2c(SCC(=O)Nc3cccc4ccccc34)nc3sc4c(c3c2=O)C[C@H](C(C)C)OC4)c1. The minimum atomic E-state index is -0.153. The first-order valence-electron chi connectivity index (χ1n) is 13.1. The van der Waals surface area contributed by atoms with Crippen molar-refractivity contribution in [1.29, 1.82) is 0 Å². The highest BCUT2D eigenvalue weighted by Crippen LogP contribution is 2.36. The van der Waals surface area contributed by atoms with Crippen LogP contribution in [-0.2, 0) is 22.6 Å². The number of hydrogen-bond donors (Lipinski definition) is 1. The summed E-state index contributed by atoms with van der Waals surface area (Å²) in [5, 5.41) is 6.27. The van der Waals surface area contributed by atoms with Crippen LogP contribution in [0.4, 0.5) is 5.69 Å². The molecule has 0 radical (unpaired) electrons. The Bertz CT molecular complexity index is 1770. The van der Waals surface area contributed by atoms with Crippen LogP contribution in [-0.4, -0.2) is 27.3 Å². The standard InChI is InChI=1S/C31H29N3O3S2/c1-18(2)25-15-23-26(16-37-25)39-29-28(23)30(36)34(21-11-6-8-19(3)14-21)31(33-29)38-17-27(35)32-24-13-7-10-20-9-4-5-12-22(20)24/h4-14,18,25H,15-17H2,1-3H3,(H,32,35)/t25-/m1/s1. The summed E-state index contributed by atoms with van der Waals surface area (Å²) >= 11 is 2.80. The van der Waals surface area contributed by atoms with Gasteiger partial charge >= 0.3 is 0 Å². The first-order valence-corrected chi connectivity index (χ1v) is 14.9. The van der Waals surface area contributed by atoms with Gasteiger partial charge in [-0.1, -0.05) is 74.1 Å². The molecule has 39 heavy (non-hydrogen) atoms. The van der Waals surface area contributed by atoms with Crippen molar-refractivity contribution in [3.8, 4) is 5.69 Å². The van der Waals surface area contributed by atoms with E-state index in [0.29, 0.717) is 34.3 Å². The molecule has 1 amide bonds. The van der Waals surface area contributed by atoms with E-state index < -0.39 is 0 Å². The molecule has 3 heterocycles. The lowest BCUT2D eigenvalue weighted by Crippen LogP contribution is -2.28. The van der Waals surface area contributed by atoms with E-state index in [1.807, 2.05) is 73.7 Å². The van der Waals surface area contributed by atoms with Crippen molar-refractivity contribution in [2.45, 2.75) is 45.1 Å². The summed E-state index contributed by atoms with van der Waals surface area (Å²) < 4.78 is 7.74. The Labute approximate surface area is 235 Å². The van der Waals surface area contributed by atoms with Gasteiger partial charge in [-0.3, -0.25) is 14.2 Å². The molecule has 6 nitrogen and oxygen atoms in total. The molecule has 0 saturated heterocycles. The lowest BCUT2D eigenvalue weighted by molar-refractivity contribution is -0.113. The molecule has 0 bridgehead atoms. The second-order valence-electron chi connectivity index (χ2n) is 10.2. The topological polar surface area (TPSA) is 73.2 Å². The van der Waals surface area contributed by atoms with Crippen LogP contribution in [0.1, 0.15) is 29.9 Å². The van der Waals surface area contributed by atoms with Crippen LogP contribution in [0, 0.1) is 12.8 Å². The van der Waals surface area contributed by atoms with Gasteiger partial charge < -0.3 is 10.1 Å². The fourth-order valence-electron chi connectivity index (χ4n) is 5.08. The maximum atomic E-state index is 14.1. The highest BCUT2D eigenvalue weighted by atomic mass is 32.2. The van der Waals surface area contributed by atoms with Crippen molar-refractivity contribution in [1.82, 2.24) is 9.55 Å². The van der Waals surface area contributed by atoms with E-state index >= 15 is 0 Å². The average molecular weight is 556 g/mol. The molecule has 5 aromatic rings. The number of benzene rings is 3. The molecule has 0 fully saturated rings. The first kappa shape index (κ1) is 25.8. The zero-order valence-corrected chi connectivity index (χ0v) is 23.7. The van der Waals surface area contributed by atoms with Crippen LogP contribution >= 0.6 is 23.1 Å². The molecule has 1 atom stereocenters. The number of rotatable bonds is 6. The normalized spacial score (nSPS) is 15.1. The number of hydrogen-bond acceptors (Lipinski definition) is 6. The second kappa shape index (κ2) is 10.6. The maximum absolute atomic E-state index is 14.1. The third-order valence-electron chi connectivity index (χ3n) is 7.11. The Morgan fingerprint density at radius 2 is 1.95 bits per heavy atom. The van der Waals surface area contributed by atoms with Gasteiger partial charge in [-0.25, -0.2) is 4.98 Å². The van der Waals surface area contributed by atoms with Crippen LogP contribution < -0.4 is 10.9 Å². The summed E-state index contributed by atoms with van der Waals surface area (Å²) in [6, 6.07) is 21.7. The molecule has 0 spiro atoms. The van der Waals surface area contributed by atoms with Gasteiger partial charge in [0.25, 0.3) is 5.56 Å². The number of thioether (sulfide) groups is 1. The fraction of sp³-hybridized carbons (Fsp3) is 0.258. The summed E-state index contributed by atoms with van der Waals surface area (Å²) in [6.45, 7) is 6.79. The molecule has 0 aliphatic carbocycles. The monoisotopic (exact) mass is 555 g/mol. The van der Waals surface area contributed by atoms with Crippen LogP contribution in [0.25, 0.3) is 26.7 Å². The molecule has 198 valence electrons. The minimum Gasteiger partial charge on any atom is -0.372 e. The molecule has 0 unspecified atom stereocenters. The van der Waals surface area contributed by atoms with Crippen molar-refractivity contribution < 1.29 is 9.53 Å². The van der Waals surface area contributed by atoms with Crippen LogP contribution in [0.2, 0.25) is 0 Å². The Morgan fingerprint density at radius 1 is 1.15 bits per heavy atom. The molecule has 0 saturated carbocycles. The number of amides is 1. The number of thiophene rings is 1. The summed E-state index contributed by atoms with van der Waals surface area (Å²) in [5.41, 5.74) is 3.53. The Kier molecular flexibility index (Phi) is 7.01. The molecular weight excluding hydrogens is 526 g/mol. The van der Waals surface area contributed by atoms with Crippen LogP contribution in [0.5, 0.6) is 0 Å². The minimum absolute atomic E-state index is 0.0777. The summed E-state index contributed by atoms with van der Waals surface area (Å²) in [7, 11) is 0. The van der Waals surface area contributed by atoms with Crippen molar-refractivity contribution in [3.63, 3.8) is 0 Å². The lowest BCUT2D eigenvalue weighted by Gasteiger charge is -2.26. The number of fused-ring (bicyclic) bond motifs is 4. The highest BCUT2D eigenvalue weighted by molar-refractivity contribution is 7.99. The Morgan fingerprint density at radius 3 is 2.77 bits per heavy atom. The number of carbonyl (C=O) groups excluding carboxylic acids is 1. The smallest absolute Gasteiger partial charge is 0.267 e. The largest absolute Gasteiger partial charge is 0.372 e. The van der Waals surface area contributed by atoms with E-state index in [1.54, 1.807) is 4.57 Å². The fourth-order valence-corrected chi connectivity index (χ4v) is 7.06. The predicted octanol–water partition coefficient (Wildman–Crippen LogP) is 6.74. The van der Waals surface area contributed by atoms with Gasteiger partial charge in [-0.15, -0.1) is 11.3 Å². The molecule has 3 aromatic carbocycles. The van der Waals surface area contributed by atoms with E-state index in [9.17, 15) is 9.59 Å². The van der Waals surface area contributed by atoms with E-state index in [4.69, 9.17) is 9.72 Å². The average Bonchev–Trinajstić information content (AvgIpc) is 3.30. The second-order valence-corrected chi connectivity index (χ2v) is 12.2. The van der Waals surface area contributed by atoms with Crippen molar-refractivity contribution in [2.75, 3.05) is 11.1 Å². The summed E-state index contributed by atoms with van der Waals surface area (Å²) in [4.78, 5) is 33.9. The molecule has 8 heteroatoms. The third-order valence-corrected chi connectivity index (χ3v) is 9.15. The van der Waals surface area contributed by atoms with Gasteiger partial charge in [0, 0.05) is 22.4 Å². The summed E-state index contributed by atoms with van der Waals surface area (Å²) in [5.74, 6) is 0.326. The number of aryl methyl sites for hydroxylation is 1. The summed E-state index contributed by atoms with van der Waals surface area (Å²) in [6.07, 6.45) is 0.784. The van der Waals surface area contributed by atoms with E-state index in [2.05, 4.69) is 19.2 Å². The zero-order chi connectivity index (χ0) is 27.1. The number of aromatic nitrogens is 2. The van der Waals surface area contributed by atoms with Crippen molar-refractivity contribution >= 4 is 55.7 Å². The molecular formula is C31H29N3O3S2. The highest BCUT2D eigenvalue weighted by Gasteiger charge is 2.29. The zero-order valence-electron chi connectivity index (χ0n) is 22.1. The van der Waals surface area contributed by atoms with Crippen LogP contribution in [0.15, 0.2) is 76.7 Å². The lowest BCUT2D eigenvalue weighted by atomic mass is 9.96. The molecule has 1 aliphatic rings. The van der Waals surface area contributed by atoms with Gasteiger partial charge in [-0.2, -0.15) is 0 Å². The Hall–Kier alpha value is -3.46. The third kappa shape index (κ3) is 5.00. The number of nitrogens with one attached hydrogen (secondary N) is 1. The number of anilines is 1. The van der Waals surface area contributed by atoms with E-state index in [-0.39, 0.29) is 23.3 Å². The number of ether oxygens (including phenoxy) is 1. The molecule has 2 aromatic heterocycles. The maximum Gasteiger partial charge on any atom is 0.267 e. The first-order chi connectivity index (χ1) is 18.9. The predicted molar refractivity (Wildman–Crippen MR) is 160 cm³/mol. The van der Waals surface area contributed by atoms with Crippen molar-refractivity contribution in [3.05, 3.63) is 93.1 Å². The Balaban J connectivity index is 1.37. The number of nitrogens with zero attached hydrogens (tertiary/aromatic N) is 2. The van der Waals surface area contributed by atoms with Crippen LogP contribution in [0.3, 0.4) is 0 Å². The molecule has 1 N–H and O–H groups in total. The van der Waals surface area contributed by atoms with Gasteiger partial charge in [0.1, 0.15) is 4.83 Å². The van der Waals surface area contributed by atoms with Gasteiger partial charge in [0.05, 0.1) is 29.5 Å². The van der Waals surface area contributed by atoms with Gasteiger partial charge in [-0.05, 0) is 47.6 Å². The van der Waals surface area contributed by atoms with E-state index in [1.165, 1.54) is 23.1 Å². The van der Waals surface area contributed by atoms with E-state index in [0.717, 1.165) is 38.2 Å². The quantitative estimate of drug-likeness (QED) is 0.186. The van der Waals surface area contributed by atoms with Gasteiger partial charge in [0.15, 0.2) is 5.16 Å². The molecule has 1 aliphatic heterocycles. The molecule has 6 rings (SSSR count). The van der Waals surface area contributed by atoms with Gasteiger partial charge in [0.2, 0.25) is 5.91 Å². The van der Waals surface area contributed by atoms with Crippen molar-refractivity contribution in [2.24, 2.45) is 5.92 Å².